The van der Waals surface area contributed by atoms with Crippen molar-refractivity contribution in [3.05, 3.63) is 74.8 Å². The van der Waals surface area contributed by atoms with E-state index in [4.69, 9.17) is 16.7 Å². The summed E-state index contributed by atoms with van der Waals surface area (Å²) in [6, 6.07) is 8.54. The number of carbonyl (C=O) groups is 1. The number of halogens is 2. The van der Waals surface area contributed by atoms with Crippen LogP contribution in [0.5, 0.6) is 5.75 Å². The van der Waals surface area contributed by atoms with Crippen LogP contribution in [0.15, 0.2) is 47.4 Å². The number of aromatic nitrogens is 1. The highest BCUT2D eigenvalue weighted by atomic mass is 35.5. The first-order chi connectivity index (χ1) is 13.8. The van der Waals surface area contributed by atoms with Crippen molar-refractivity contribution in [2.24, 2.45) is 0 Å². The molecule has 3 rings (SSSR count). The van der Waals surface area contributed by atoms with Gasteiger partial charge in [-0.15, -0.1) is 0 Å². The maximum atomic E-state index is 14.2. The van der Waals surface area contributed by atoms with Crippen LogP contribution in [-0.4, -0.2) is 39.3 Å². The normalized spacial score (nSPS) is 11.2. The second-order valence-electron chi connectivity index (χ2n) is 6.36. The van der Waals surface area contributed by atoms with E-state index in [9.17, 15) is 24.2 Å². The fourth-order valence-corrected chi connectivity index (χ4v) is 3.29. The standard InChI is InChI=1S/C20H17ClFNO6/c21-15-3-1-2-12(18(15)22)6-11-4-5-16-14(7-11)19(26)17(29-20(27)28)8-23(16)13(9-24)10-25/h1-5,7-8,13,24-25H,6,9-10H2,(H,27,28). The Bertz CT molecular complexity index is 1130. The number of nitrogens with zero attached hydrogens (tertiary/aromatic N) is 1. The molecule has 29 heavy (non-hydrogen) atoms. The van der Waals surface area contributed by atoms with Gasteiger partial charge in [0.05, 0.1) is 36.0 Å². The van der Waals surface area contributed by atoms with Crippen LogP contribution in [-0.2, 0) is 6.42 Å². The van der Waals surface area contributed by atoms with Gasteiger partial charge in [-0.25, -0.2) is 9.18 Å². The second-order valence-corrected chi connectivity index (χ2v) is 6.77. The zero-order valence-electron chi connectivity index (χ0n) is 15.0. The molecule has 7 nitrogen and oxygen atoms in total. The number of hydrogen-bond acceptors (Lipinski definition) is 5. The first-order valence-electron chi connectivity index (χ1n) is 8.58. The average molecular weight is 422 g/mol. The van der Waals surface area contributed by atoms with Crippen LogP contribution >= 0.6 is 11.6 Å². The van der Waals surface area contributed by atoms with Gasteiger partial charge in [0.15, 0.2) is 5.75 Å². The van der Waals surface area contributed by atoms with Crippen LogP contribution in [0.4, 0.5) is 9.18 Å². The van der Waals surface area contributed by atoms with Gasteiger partial charge in [-0.3, -0.25) is 4.79 Å². The molecule has 0 aliphatic rings. The van der Waals surface area contributed by atoms with Crippen LogP contribution in [0.25, 0.3) is 10.9 Å². The molecule has 0 aliphatic carbocycles. The Morgan fingerprint density at radius 3 is 2.59 bits per heavy atom. The van der Waals surface area contributed by atoms with Crippen LogP contribution in [0, 0.1) is 5.82 Å². The molecule has 2 aromatic carbocycles. The summed E-state index contributed by atoms with van der Waals surface area (Å²) in [4.78, 5) is 23.7. The first-order valence-corrected chi connectivity index (χ1v) is 8.96. The minimum absolute atomic E-state index is 0.0171. The fraction of sp³-hybridized carbons (Fsp3) is 0.200. The fourth-order valence-electron chi connectivity index (χ4n) is 3.09. The number of carboxylic acid groups (broad SMARTS) is 1. The molecule has 0 amide bonds. The molecule has 1 heterocycles. The Balaban J connectivity index is 2.17. The number of rotatable bonds is 6. The molecular formula is C20H17ClFNO6. The molecule has 0 saturated heterocycles. The highest BCUT2D eigenvalue weighted by Gasteiger charge is 2.18. The lowest BCUT2D eigenvalue weighted by atomic mass is 10.0. The van der Waals surface area contributed by atoms with E-state index in [1.165, 1.54) is 16.7 Å². The van der Waals surface area contributed by atoms with E-state index in [2.05, 4.69) is 4.74 Å². The van der Waals surface area contributed by atoms with Crippen LogP contribution in [0.1, 0.15) is 17.2 Å². The van der Waals surface area contributed by atoms with E-state index >= 15 is 0 Å². The predicted octanol–water partition coefficient (Wildman–Crippen LogP) is 2.97. The molecule has 0 radical (unpaired) electrons. The van der Waals surface area contributed by atoms with Gasteiger partial charge in [-0.2, -0.15) is 0 Å². The Kier molecular flexibility index (Phi) is 6.17. The summed E-state index contributed by atoms with van der Waals surface area (Å²) in [5.74, 6) is -1.03. The third-order valence-electron chi connectivity index (χ3n) is 4.50. The SMILES string of the molecule is O=C(O)Oc1cn(C(CO)CO)c2ccc(Cc3cccc(Cl)c3F)cc2c1=O. The lowest BCUT2D eigenvalue weighted by Crippen LogP contribution is -2.22. The van der Waals surface area contributed by atoms with E-state index in [1.807, 2.05) is 0 Å². The number of fused-ring (bicyclic) bond motifs is 1. The van der Waals surface area contributed by atoms with Crippen LogP contribution < -0.4 is 10.2 Å². The summed E-state index contributed by atoms with van der Waals surface area (Å²) in [6.45, 7) is -0.896. The third kappa shape index (κ3) is 4.24. The minimum Gasteiger partial charge on any atom is -0.449 e. The van der Waals surface area contributed by atoms with Crippen molar-refractivity contribution in [3.8, 4) is 5.75 Å². The molecule has 0 aliphatic heterocycles. The molecular weight excluding hydrogens is 405 g/mol. The van der Waals surface area contributed by atoms with Crippen molar-refractivity contribution in [3.63, 3.8) is 0 Å². The largest absolute Gasteiger partial charge is 0.511 e. The third-order valence-corrected chi connectivity index (χ3v) is 4.79. The molecule has 152 valence electrons. The second kappa shape index (κ2) is 8.60. The van der Waals surface area contributed by atoms with Crippen molar-refractivity contribution in [2.75, 3.05) is 13.2 Å². The summed E-state index contributed by atoms with van der Waals surface area (Å²) in [6.07, 6.45) is -0.392. The molecule has 0 atom stereocenters. The van der Waals surface area contributed by atoms with Crippen molar-refractivity contribution >= 4 is 28.7 Å². The number of pyridine rings is 1. The van der Waals surface area contributed by atoms with Gasteiger partial charge >= 0.3 is 6.16 Å². The molecule has 0 unspecified atom stereocenters. The van der Waals surface area contributed by atoms with Gasteiger partial charge < -0.3 is 24.6 Å². The Morgan fingerprint density at radius 2 is 1.93 bits per heavy atom. The first kappa shape index (κ1) is 20.8. The molecule has 0 saturated carbocycles. The minimum atomic E-state index is -1.67. The summed E-state index contributed by atoms with van der Waals surface area (Å²) in [7, 11) is 0. The zero-order valence-corrected chi connectivity index (χ0v) is 15.8. The number of aliphatic hydroxyl groups excluding tert-OH is 2. The van der Waals surface area contributed by atoms with E-state index in [1.54, 1.807) is 24.3 Å². The summed E-state index contributed by atoms with van der Waals surface area (Å²) in [5, 5.41) is 28.0. The molecule has 1 aromatic heterocycles. The summed E-state index contributed by atoms with van der Waals surface area (Å²) >= 11 is 5.81. The Hall–Kier alpha value is -2.94. The molecule has 9 heteroatoms. The maximum Gasteiger partial charge on any atom is 0.511 e. The number of benzene rings is 2. The lowest BCUT2D eigenvalue weighted by Gasteiger charge is -2.20. The number of aliphatic hydroxyl groups is 2. The summed E-state index contributed by atoms with van der Waals surface area (Å²) in [5.41, 5.74) is 0.593. The quantitative estimate of drug-likeness (QED) is 0.528. The molecule has 0 spiro atoms. The van der Waals surface area contributed by atoms with Crippen LogP contribution in [0.3, 0.4) is 0 Å². The average Bonchev–Trinajstić information content (AvgIpc) is 2.69. The zero-order chi connectivity index (χ0) is 21.1. The van der Waals surface area contributed by atoms with E-state index in [0.29, 0.717) is 16.6 Å². The lowest BCUT2D eigenvalue weighted by molar-refractivity contribution is 0.142. The molecule has 0 fully saturated rings. The number of hydrogen-bond donors (Lipinski definition) is 3. The van der Waals surface area contributed by atoms with Crippen molar-refractivity contribution < 1.29 is 29.2 Å². The Morgan fingerprint density at radius 1 is 1.21 bits per heavy atom. The van der Waals surface area contributed by atoms with Crippen LogP contribution in [0.2, 0.25) is 5.02 Å². The maximum absolute atomic E-state index is 14.2. The predicted molar refractivity (Wildman–Crippen MR) is 104 cm³/mol. The van der Waals surface area contributed by atoms with Gasteiger partial charge in [0.2, 0.25) is 5.43 Å². The molecule has 3 N–H and O–H groups in total. The van der Waals surface area contributed by atoms with Crippen molar-refractivity contribution in [1.82, 2.24) is 4.57 Å². The van der Waals surface area contributed by atoms with Gasteiger partial charge in [0.25, 0.3) is 0 Å². The van der Waals surface area contributed by atoms with Crippen molar-refractivity contribution in [1.29, 1.82) is 0 Å². The number of ether oxygens (including phenoxy) is 1. The summed E-state index contributed by atoms with van der Waals surface area (Å²) < 4.78 is 20.2. The van der Waals surface area contributed by atoms with Gasteiger partial charge in [0.1, 0.15) is 5.82 Å². The topological polar surface area (TPSA) is 109 Å². The Labute approximate surface area is 169 Å². The smallest absolute Gasteiger partial charge is 0.449 e. The van der Waals surface area contributed by atoms with E-state index in [-0.39, 0.29) is 16.8 Å². The molecule has 0 bridgehead atoms. The highest BCUT2D eigenvalue weighted by Crippen LogP contribution is 2.24. The van der Waals surface area contributed by atoms with Crippen molar-refractivity contribution in [2.45, 2.75) is 12.5 Å². The van der Waals surface area contributed by atoms with E-state index in [0.717, 1.165) is 6.20 Å². The van der Waals surface area contributed by atoms with Gasteiger partial charge in [-0.1, -0.05) is 29.8 Å². The van der Waals surface area contributed by atoms with Gasteiger partial charge in [-0.05, 0) is 29.3 Å². The van der Waals surface area contributed by atoms with Gasteiger partial charge in [0, 0.05) is 11.8 Å². The highest BCUT2D eigenvalue weighted by molar-refractivity contribution is 6.30. The molecule has 3 aromatic rings. The monoisotopic (exact) mass is 421 g/mol. The van der Waals surface area contributed by atoms with E-state index < -0.39 is 42.4 Å².